The second-order valence-electron chi connectivity index (χ2n) is 5.89. The molecule has 3 N–H and O–H groups in total. The van der Waals surface area contributed by atoms with Crippen molar-refractivity contribution in [2.24, 2.45) is 11.8 Å². The minimum Gasteiger partial charge on any atom is -0.398 e. The average Bonchev–Trinajstić information content (AvgIpc) is 2.70. The molecule has 2 unspecified atom stereocenters. The Hall–Kier alpha value is -1.03. The van der Waals surface area contributed by atoms with Crippen LogP contribution in [0.5, 0.6) is 0 Å². The number of anilines is 1. The number of carbonyl (C=O) groups is 1. The quantitative estimate of drug-likeness (QED) is 0.889. The van der Waals surface area contributed by atoms with Gasteiger partial charge in [-0.05, 0) is 37.7 Å². The molecular weight excluding hydrogens is 256 g/mol. The van der Waals surface area contributed by atoms with Crippen LogP contribution < -0.4 is 11.1 Å². The zero-order valence-corrected chi connectivity index (χ0v) is 12.8. The molecule has 19 heavy (non-hydrogen) atoms. The molecular formula is C15H24N2OS. The van der Waals surface area contributed by atoms with Crippen LogP contribution in [0.2, 0.25) is 0 Å². The van der Waals surface area contributed by atoms with Gasteiger partial charge in [0, 0.05) is 16.6 Å². The van der Waals surface area contributed by atoms with E-state index in [4.69, 9.17) is 5.73 Å². The topological polar surface area (TPSA) is 55.1 Å². The molecule has 0 bridgehead atoms. The Labute approximate surface area is 119 Å². The van der Waals surface area contributed by atoms with Crippen LogP contribution in [0.25, 0.3) is 0 Å². The van der Waals surface area contributed by atoms with Crippen molar-refractivity contribution in [3.05, 3.63) is 15.8 Å². The first kappa shape index (κ1) is 14.4. The molecule has 2 rings (SSSR count). The maximum absolute atomic E-state index is 12.3. The van der Waals surface area contributed by atoms with Crippen LogP contribution in [0.15, 0.2) is 6.07 Å². The summed E-state index contributed by atoms with van der Waals surface area (Å²) in [4.78, 5) is 14.1. The minimum absolute atomic E-state index is 0.0438. The molecule has 1 aromatic rings. The smallest absolute Gasteiger partial charge is 0.261 e. The molecule has 0 aliphatic heterocycles. The fourth-order valence-corrected chi connectivity index (χ4v) is 3.83. The van der Waals surface area contributed by atoms with Gasteiger partial charge in [-0.2, -0.15) is 0 Å². The molecule has 0 saturated heterocycles. The summed E-state index contributed by atoms with van der Waals surface area (Å²) in [6.45, 7) is 6.46. The first-order chi connectivity index (χ1) is 8.99. The maximum atomic E-state index is 12.3. The van der Waals surface area contributed by atoms with Crippen molar-refractivity contribution in [1.82, 2.24) is 5.32 Å². The summed E-state index contributed by atoms with van der Waals surface area (Å²) < 4.78 is 0. The monoisotopic (exact) mass is 280 g/mol. The van der Waals surface area contributed by atoms with E-state index in [1.165, 1.54) is 30.6 Å². The maximum Gasteiger partial charge on any atom is 0.261 e. The van der Waals surface area contributed by atoms with Crippen LogP contribution in [-0.4, -0.2) is 11.9 Å². The van der Waals surface area contributed by atoms with E-state index in [1.807, 2.05) is 6.92 Å². The van der Waals surface area contributed by atoms with Crippen LogP contribution in [0, 0.1) is 18.8 Å². The summed E-state index contributed by atoms with van der Waals surface area (Å²) >= 11 is 1.48. The molecule has 1 saturated carbocycles. The zero-order valence-electron chi connectivity index (χ0n) is 12.0. The Kier molecular flexibility index (Phi) is 4.50. The van der Waals surface area contributed by atoms with E-state index in [1.54, 1.807) is 6.07 Å². The standard InChI is InChI=1S/C15H24N2OS/c1-9(2)11-6-4-5-7-13(11)17-15(18)14-8-12(16)10(3)19-14/h8-9,11,13H,4-7,16H2,1-3H3,(H,17,18). The normalized spacial score (nSPS) is 23.6. The Morgan fingerprint density at radius 3 is 2.68 bits per heavy atom. The third-order valence-electron chi connectivity index (χ3n) is 4.17. The zero-order chi connectivity index (χ0) is 14.0. The van der Waals surface area contributed by atoms with Gasteiger partial charge in [-0.15, -0.1) is 11.3 Å². The van der Waals surface area contributed by atoms with Crippen molar-refractivity contribution in [3.8, 4) is 0 Å². The number of rotatable bonds is 3. The molecule has 1 aliphatic rings. The van der Waals surface area contributed by atoms with Gasteiger partial charge in [0.2, 0.25) is 0 Å². The van der Waals surface area contributed by atoms with Crippen molar-refractivity contribution in [3.63, 3.8) is 0 Å². The van der Waals surface area contributed by atoms with Crippen LogP contribution >= 0.6 is 11.3 Å². The Morgan fingerprint density at radius 1 is 1.42 bits per heavy atom. The molecule has 0 radical (unpaired) electrons. The molecule has 0 spiro atoms. The van der Waals surface area contributed by atoms with Crippen molar-refractivity contribution >= 4 is 22.9 Å². The summed E-state index contributed by atoms with van der Waals surface area (Å²) in [7, 11) is 0. The molecule has 1 fully saturated rings. The number of hydrogen-bond donors (Lipinski definition) is 2. The van der Waals surface area contributed by atoms with Gasteiger partial charge in [0.15, 0.2) is 0 Å². The summed E-state index contributed by atoms with van der Waals surface area (Å²) in [5.74, 6) is 1.28. The van der Waals surface area contributed by atoms with Crippen molar-refractivity contribution in [2.75, 3.05) is 5.73 Å². The van der Waals surface area contributed by atoms with Gasteiger partial charge in [-0.25, -0.2) is 0 Å². The van der Waals surface area contributed by atoms with E-state index >= 15 is 0 Å². The number of nitrogen functional groups attached to an aromatic ring is 1. The summed E-state index contributed by atoms with van der Waals surface area (Å²) in [6.07, 6.45) is 4.85. The van der Waals surface area contributed by atoms with Gasteiger partial charge < -0.3 is 11.1 Å². The second kappa shape index (κ2) is 5.95. The lowest BCUT2D eigenvalue weighted by molar-refractivity contribution is 0.0893. The minimum atomic E-state index is 0.0438. The third-order valence-corrected chi connectivity index (χ3v) is 5.24. The Morgan fingerprint density at radius 2 is 2.11 bits per heavy atom. The highest BCUT2D eigenvalue weighted by atomic mass is 32.1. The summed E-state index contributed by atoms with van der Waals surface area (Å²) in [5, 5.41) is 3.22. The SMILES string of the molecule is Cc1sc(C(=O)NC2CCCCC2C(C)C)cc1N. The van der Waals surface area contributed by atoms with E-state index in [-0.39, 0.29) is 5.91 Å². The molecule has 106 valence electrons. The van der Waals surface area contributed by atoms with Gasteiger partial charge in [0.05, 0.1) is 4.88 Å². The average molecular weight is 280 g/mol. The van der Waals surface area contributed by atoms with E-state index < -0.39 is 0 Å². The van der Waals surface area contributed by atoms with Crippen LogP contribution in [-0.2, 0) is 0 Å². The molecule has 3 nitrogen and oxygen atoms in total. The lowest BCUT2D eigenvalue weighted by atomic mass is 9.78. The van der Waals surface area contributed by atoms with Crippen LogP contribution in [0.3, 0.4) is 0 Å². The molecule has 0 aromatic carbocycles. The van der Waals surface area contributed by atoms with Gasteiger partial charge in [0.1, 0.15) is 0 Å². The van der Waals surface area contributed by atoms with E-state index in [0.717, 1.165) is 21.9 Å². The molecule has 2 atom stereocenters. The Balaban J connectivity index is 2.04. The van der Waals surface area contributed by atoms with Crippen LogP contribution in [0.1, 0.15) is 54.1 Å². The molecule has 1 aliphatic carbocycles. The lowest BCUT2D eigenvalue weighted by Crippen LogP contribution is -2.43. The van der Waals surface area contributed by atoms with Gasteiger partial charge >= 0.3 is 0 Å². The van der Waals surface area contributed by atoms with Crippen LogP contribution in [0.4, 0.5) is 5.69 Å². The summed E-state index contributed by atoms with van der Waals surface area (Å²) in [5.41, 5.74) is 6.54. The number of hydrogen-bond acceptors (Lipinski definition) is 3. The largest absolute Gasteiger partial charge is 0.398 e. The molecule has 1 amide bonds. The highest BCUT2D eigenvalue weighted by Crippen LogP contribution is 2.31. The van der Waals surface area contributed by atoms with Gasteiger partial charge in [-0.3, -0.25) is 4.79 Å². The third kappa shape index (κ3) is 3.30. The lowest BCUT2D eigenvalue weighted by Gasteiger charge is -2.34. The van der Waals surface area contributed by atoms with E-state index in [2.05, 4.69) is 19.2 Å². The predicted molar refractivity (Wildman–Crippen MR) is 81.5 cm³/mol. The summed E-state index contributed by atoms with van der Waals surface area (Å²) in [6, 6.07) is 2.12. The first-order valence-electron chi connectivity index (χ1n) is 7.15. The van der Waals surface area contributed by atoms with E-state index in [0.29, 0.717) is 17.9 Å². The fraction of sp³-hybridized carbons (Fsp3) is 0.667. The number of carbonyl (C=O) groups excluding carboxylic acids is 1. The predicted octanol–water partition coefficient (Wildman–Crippen LogP) is 3.58. The van der Waals surface area contributed by atoms with Gasteiger partial charge in [-0.1, -0.05) is 26.7 Å². The molecule has 1 aromatic heterocycles. The van der Waals surface area contributed by atoms with Crippen molar-refractivity contribution in [2.45, 2.75) is 52.5 Å². The highest BCUT2D eigenvalue weighted by molar-refractivity contribution is 7.14. The number of aryl methyl sites for hydroxylation is 1. The molecule has 4 heteroatoms. The number of thiophene rings is 1. The van der Waals surface area contributed by atoms with E-state index in [9.17, 15) is 4.79 Å². The Bertz CT molecular complexity index is 433. The first-order valence-corrected chi connectivity index (χ1v) is 7.97. The van der Waals surface area contributed by atoms with Crippen molar-refractivity contribution < 1.29 is 4.79 Å². The number of amides is 1. The fourth-order valence-electron chi connectivity index (χ4n) is 2.98. The van der Waals surface area contributed by atoms with Gasteiger partial charge in [0.25, 0.3) is 5.91 Å². The number of nitrogens with one attached hydrogen (secondary N) is 1. The molecule has 1 heterocycles. The second-order valence-corrected chi connectivity index (χ2v) is 7.15. The highest BCUT2D eigenvalue weighted by Gasteiger charge is 2.29. The number of nitrogens with two attached hydrogens (primary N) is 1. The van der Waals surface area contributed by atoms with Crippen molar-refractivity contribution in [1.29, 1.82) is 0 Å².